The van der Waals surface area contributed by atoms with Gasteiger partial charge in [0.05, 0.1) is 14.2 Å². The molecule has 2 aromatic rings. The first-order valence-corrected chi connectivity index (χ1v) is 7.41. The standard InChI is InChI=1S/C14H18N2O2S/c1-17-10-7-8-11(18-2)13-12(10)16-14(19-13)15-9-5-3-4-6-9/h7-9H,3-6H2,1-2H3,(H,15,16). The molecule has 1 aliphatic rings. The molecule has 1 aliphatic carbocycles. The van der Waals surface area contributed by atoms with Crippen molar-refractivity contribution in [3.63, 3.8) is 0 Å². The molecule has 0 aliphatic heterocycles. The van der Waals surface area contributed by atoms with Crippen molar-refractivity contribution >= 4 is 26.7 Å². The van der Waals surface area contributed by atoms with Crippen molar-refractivity contribution in [1.82, 2.24) is 4.98 Å². The zero-order valence-electron chi connectivity index (χ0n) is 11.2. The second-order valence-corrected chi connectivity index (χ2v) is 5.79. The Bertz CT molecular complexity index is 535. The Hall–Kier alpha value is -1.49. The van der Waals surface area contributed by atoms with Gasteiger partial charge in [-0.1, -0.05) is 24.2 Å². The fraction of sp³-hybridized carbons (Fsp3) is 0.500. The summed E-state index contributed by atoms with van der Waals surface area (Å²) in [6, 6.07) is 4.40. The van der Waals surface area contributed by atoms with Gasteiger partial charge in [0, 0.05) is 6.04 Å². The maximum atomic E-state index is 5.40. The van der Waals surface area contributed by atoms with Crippen molar-refractivity contribution in [3.05, 3.63) is 12.1 Å². The van der Waals surface area contributed by atoms with Gasteiger partial charge in [-0.25, -0.2) is 4.98 Å². The molecular weight excluding hydrogens is 260 g/mol. The maximum absolute atomic E-state index is 5.40. The number of thiazole rings is 1. The van der Waals surface area contributed by atoms with Crippen LogP contribution in [0.3, 0.4) is 0 Å². The predicted octanol–water partition coefficient (Wildman–Crippen LogP) is 3.67. The van der Waals surface area contributed by atoms with Crippen LogP contribution in [0.25, 0.3) is 10.2 Å². The van der Waals surface area contributed by atoms with E-state index in [4.69, 9.17) is 9.47 Å². The van der Waals surface area contributed by atoms with E-state index < -0.39 is 0 Å². The summed E-state index contributed by atoms with van der Waals surface area (Å²) in [6.07, 6.45) is 5.11. The number of methoxy groups -OCH3 is 2. The maximum Gasteiger partial charge on any atom is 0.184 e. The van der Waals surface area contributed by atoms with E-state index in [1.165, 1.54) is 25.7 Å². The molecule has 0 atom stereocenters. The predicted molar refractivity (Wildman–Crippen MR) is 78.6 cm³/mol. The minimum atomic E-state index is 0.567. The number of hydrogen-bond donors (Lipinski definition) is 1. The number of rotatable bonds is 4. The zero-order chi connectivity index (χ0) is 13.2. The molecule has 1 aromatic carbocycles. The van der Waals surface area contributed by atoms with E-state index in [2.05, 4.69) is 10.3 Å². The number of benzene rings is 1. The van der Waals surface area contributed by atoms with Crippen LogP contribution in [-0.2, 0) is 0 Å². The highest BCUT2D eigenvalue weighted by Gasteiger charge is 2.18. The van der Waals surface area contributed by atoms with Crippen LogP contribution < -0.4 is 14.8 Å². The van der Waals surface area contributed by atoms with E-state index in [9.17, 15) is 0 Å². The minimum absolute atomic E-state index is 0.567. The molecule has 0 saturated heterocycles. The molecule has 1 heterocycles. The molecule has 1 aromatic heterocycles. The number of fused-ring (bicyclic) bond motifs is 1. The minimum Gasteiger partial charge on any atom is -0.495 e. The van der Waals surface area contributed by atoms with Gasteiger partial charge in [-0.05, 0) is 25.0 Å². The molecule has 1 saturated carbocycles. The van der Waals surface area contributed by atoms with Crippen molar-refractivity contribution in [2.75, 3.05) is 19.5 Å². The second kappa shape index (κ2) is 5.25. The third kappa shape index (κ3) is 2.34. The van der Waals surface area contributed by atoms with Crippen molar-refractivity contribution in [2.45, 2.75) is 31.7 Å². The number of ether oxygens (including phenoxy) is 2. The largest absolute Gasteiger partial charge is 0.495 e. The third-order valence-corrected chi connectivity index (χ3v) is 4.59. The van der Waals surface area contributed by atoms with E-state index in [-0.39, 0.29) is 0 Å². The summed E-state index contributed by atoms with van der Waals surface area (Å²) < 4.78 is 11.8. The van der Waals surface area contributed by atoms with Gasteiger partial charge < -0.3 is 14.8 Å². The van der Waals surface area contributed by atoms with Gasteiger partial charge in [0.25, 0.3) is 0 Å². The molecule has 3 rings (SSSR count). The second-order valence-electron chi connectivity index (χ2n) is 4.79. The summed E-state index contributed by atoms with van der Waals surface area (Å²) >= 11 is 1.64. The van der Waals surface area contributed by atoms with Crippen molar-refractivity contribution in [1.29, 1.82) is 0 Å². The Kier molecular flexibility index (Phi) is 3.46. The van der Waals surface area contributed by atoms with Gasteiger partial charge in [0.1, 0.15) is 21.7 Å². The van der Waals surface area contributed by atoms with Crippen LogP contribution in [0, 0.1) is 0 Å². The van der Waals surface area contributed by atoms with E-state index in [0.717, 1.165) is 26.8 Å². The van der Waals surface area contributed by atoms with Crippen molar-refractivity contribution in [3.8, 4) is 11.5 Å². The smallest absolute Gasteiger partial charge is 0.184 e. The lowest BCUT2D eigenvalue weighted by Crippen LogP contribution is -2.13. The van der Waals surface area contributed by atoms with E-state index in [1.54, 1.807) is 25.6 Å². The molecule has 0 bridgehead atoms. The third-order valence-electron chi connectivity index (χ3n) is 3.59. The fourth-order valence-electron chi connectivity index (χ4n) is 2.59. The van der Waals surface area contributed by atoms with Crippen LogP contribution in [0.2, 0.25) is 0 Å². The quantitative estimate of drug-likeness (QED) is 0.926. The summed E-state index contributed by atoms with van der Waals surface area (Å²) in [5, 5.41) is 4.49. The highest BCUT2D eigenvalue weighted by molar-refractivity contribution is 7.22. The lowest BCUT2D eigenvalue weighted by atomic mass is 10.3. The van der Waals surface area contributed by atoms with Gasteiger partial charge in [-0.15, -0.1) is 0 Å². The van der Waals surface area contributed by atoms with Gasteiger partial charge in [-0.3, -0.25) is 0 Å². The molecular formula is C14H18N2O2S. The molecule has 102 valence electrons. The number of nitrogens with one attached hydrogen (secondary N) is 1. The van der Waals surface area contributed by atoms with Crippen molar-refractivity contribution < 1.29 is 9.47 Å². The first-order valence-electron chi connectivity index (χ1n) is 6.60. The van der Waals surface area contributed by atoms with Gasteiger partial charge in [0.2, 0.25) is 0 Å². The first kappa shape index (κ1) is 12.5. The summed E-state index contributed by atoms with van der Waals surface area (Å²) in [4.78, 5) is 4.66. The SMILES string of the molecule is COc1ccc(OC)c2sc(NC3CCCC3)nc12. The molecule has 0 spiro atoms. The Morgan fingerprint density at radius 1 is 1.16 bits per heavy atom. The van der Waals surface area contributed by atoms with Crippen LogP contribution in [0.5, 0.6) is 11.5 Å². The van der Waals surface area contributed by atoms with Crippen LogP contribution in [0.4, 0.5) is 5.13 Å². The number of aromatic nitrogens is 1. The Labute approximate surface area is 116 Å². The van der Waals surface area contributed by atoms with Gasteiger partial charge in [0.15, 0.2) is 5.13 Å². The van der Waals surface area contributed by atoms with Crippen LogP contribution in [-0.4, -0.2) is 25.2 Å². The van der Waals surface area contributed by atoms with Gasteiger partial charge >= 0.3 is 0 Å². The Morgan fingerprint density at radius 2 is 1.84 bits per heavy atom. The molecule has 0 unspecified atom stereocenters. The number of hydrogen-bond acceptors (Lipinski definition) is 5. The molecule has 19 heavy (non-hydrogen) atoms. The van der Waals surface area contributed by atoms with Crippen LogP contribution in [0.15, 0.2) is 12.1 Å². The van der Waals surface area contributed by atoms with E-state index in [1.807, 2.05) is 12.1 Å². The average Bonchev–Trinajstić information content (AvgIpc) is 3.07. The first-order chi connectivity index (χ1) is 9.31. The summed E-state index contributed by atoms with van der Waals surface area (Å²) in [6.45, 7) is 0. The number of nitrogens with zero attached hydrogens (tertiary/aromatic N) is 1. The molecule has 5 heteroatoms. The van der Waals surface area contributed by atoms with Crippen LogP contribution in [0.1, 0.15) is 25.7 Å². The Balaban J connectivity index is 1.97. The average molecular weight is 278 g/mol. The zero-order valence-corrected chi connectivity index (χ0v) is 12.0. The van der Waals surface area contributed by atoms with Gasteiger partial charge in [-0.2, -0.15) is 0 Å². The summed E-state index contributed by atoms with van der Waals surface area (Å²) in [7, 11) is 3.36. The monoisotopic (exact) mass is 278 g/mol. The normalized spacial score (nSPS) is 15.9. The highest BCUT2D eigenvalue weighted by Crippen LogP contribution is 2.39. The lowest BCUT2D eigenvalue weighted by molar-refractivity contribution is 0.410. The van der Waals surface area contributed by atoms with Crippen molar-refractivity contribution in [2.24, 2.45) is 0 Å². The molecule has 1 fully saturated rings. The lowest BCUT2D eigenvalue weighted by Gasteiger charge is -2.09. The van der Waals surface area contributed by atoms with E-state index in [0.29, 0.717) is 6.04 Å². The molecule has 0 radical (unpaired) electrons. The van der Waals surface area contributed by atoms with E-state index >= 15 is 0 Å². The summed E-state index contributed by atoms with van der Waals surface area (Å²) in [5.41, 5.74) is 0.882. The topological polar surface area (TPSA) is 43.4 Å². The fourth-order valence-corrected chi connectivity index (χ4v) is 3.64. The molecule has 0 amide bonds. The molecule has 4 nitrogen and oxygen atoms in total. The number of anilines is 1. The summed E-state index contributed by atoms with van der Waals surface area (Å²) in [5.74, 6) is 1.65. The molecule has 1 N–H and O–H groups in total. The Morgan fingerprint density at radius 3 is 2.53 bits per heavy atom. The van der Waals surface area contributed by atoms with Crippen LogP contribution >= 0.6 is 11.3 Å². The highest BCUT2D eigenvalue weighted by atomic mass is 32.1.